The average molecular weight is 423 g/mol. The number of nitrogens with zero attached hydrogens (tertiary/aromatic N) is 4. The van der Waals surface area contributed by atoms with Crippen molar-refractivity contribution in [3.63, 3.8) is 0 Å². The summed E-state index contributed by atoms with van der Waals surface area (Å²) >= 11 is 0. The quantitative estimate of drug-likeness (QED) is 0.422. The molecule has 3 aromatic heterocycles. The van der Waals surface area contributed by atoms with Crippen molar-refractivity contribution in [1.29, 1.82) is 0 Å². The van der Waals surface area contributed by atoms with Gasteiger partial charge >= 0.3 is 6.09 Å². The number of anilines is 3. The Morgan fingerprint density at radius 2 is 1.97 bits per heavy atom. The molecule has 0 aliphatic carbocycles. The van der Waals surface area contributed by atoms with Crippen LogP contribution in [0, 0.1) is 6.92 Å². The van der Waals surface area contributed by atoms with Crippen LogP contribution < -0.4 is 10.6 Å². The van der Waals surface area contributed by atoms with E-state index in [2.05, 4.69) is 25.8 Å². The highest BCUT2D eigenvalue weighted by atomic mass is 16.4. The molecule has 0 unspecified atom stereocenters. The third-order valence-corrected chi connectivity index (χ3v) is 6.16. The summed E-state index contributed by atoms with van der Waals surface area (Å²) in [7, 11) is 0. The summed E-state index contributed by atoms with van der Waals surface area (Å²) in [5.41, 5.74) is 2.23. The van der Waals surface area contributed by atoms with E-state index in [1.54, 1.807) is 11.0 Å². The molecule has 0 radical (unpaired) electrons. The summed E-state index contributed by atoms with van der Waals surface area (Å²) in [5, 5.41) is 33.7. The van der Waals surface area contributed by atoms with Crippen molar-refractivity contribution in [3.05, 3.63) is 35.7 Å². The van der Waals surface area contributed by atoms with Crippen LogP contribution in [0.5, 0.6) is 0 Å². The minimum atomic E-state index is -0.823. The Morgan fingerprint density at radius 1 is 1.19 bits per heavy atom. The SMILES string of the molecule is Cc1cc(Nc2cc3nc(CO)ccc3c(N[C@@H]3C[C@H]4CC[C@@H](C3)N4C(=O)O)n2)n[nH]1. The van der Waals surface area contributed by atoms with Gasteiger partial charge in [-0.3, -0.25) is 10.1 Å². The number of carbonyl (C=O) groups is 1. The maximum absolute atomic E-state index is 11.6. The zero-order valence-corrected chi connectivity index (χ0v) is 17.2. The molecule has 0 saturated carbocycles. The number of amides is 1. The molecule has 5 rings (SSSR count). The van der Waals surface area contributed by atoms with Crippen LogP contribution in [0.3, 0.4) is 0 Å². The van der Waals surface area contributed by atoms with E-state index < -0.39 is 6.09 Å². The Hall–Kier alpha value is -3.40. The maximum Gasteiger partial charge on any atom is 0.407 e. The molecule has 2 saturated heterocycles. The molecule has 5 N–H and O–H groups in total. The topological polar surface area (TPSA) is 139 Å². The van der Waals surface area contributed by atoms with Crippen molar-refractivity contribution < 1.29 is 15.0 Å². The summed E-state index contributed by atoms with van der Waals surface area (Å²) in [6, 6.07) is 7.64. The summed E-state index contributed by atoms with van der Waals surface area (Å²) in [4.78, 5) is 22.5. The molecule has 31 heavy (non-hydrogen) atoms. The normalized spacial score (nSPS) is 22.6. The van der Waals surface area contributed by atoms with Crippen molar-refractivity contribution >= 4 is 34.4 Å². The minimum Gasteiger partial charge on any atom is -0.465 e. The van der Waals surface area contributed by atoms with Crippen molar-refractivity contribution in [2.45, 2.75) is 57.3 Å². The third kappa shape index (κ3) is 3.74. The van der Waals surface area contributed by atoms with Crippen LogP contribution in [-0.4, -0.2) is 59.5 Å². The fraction of sp³-hybridized carbons (Fsp3) is 0.429. The highest BCUT2D eigenvalue weighted by Gasteiger charge is 2.43. The number of aryl methyl sites for hydroxylation is 1. The fourth-order valence-electron chi connectivity index (χ4n) is 4.85. The number of piperidine rings is 1. The molecule has 10 heteroatoms. The highest BCUT2D eigenvalue weighted by Crippen LogP contribution is 2.37. The Morgan fingerprint density at radius 3 is 2.61 bits per heavy atom. The highest BCUT2D eigenvalue weighted by molar-refractivity contribution is 5.91. The first-order valence-corrected chi connectivity index (χ1v) is 10.5. The monoisotopic (exact) mass is 423 g/mol. The molecule has 162 valence electrons. The lowest BCUT2D eigenvalue weighted by Gasteiger charge is -2.37. The van der Waals surface area contributed by atoms with E-state index in [-0.39, 0.29) is 24.7 Å². The van der Waals surface area contributed by atoms with Crippen LogP contribution in [0.1, 0.15) is 37.1 Å². The van der Waals surface area contributed by atoms with Gasteiger partial charge < -0.3 is 25.7 Å². The zero-order chi connectivity index (χ0) is 21.5. The molecule has 1 amide bonds. The van der Waals surface area contributed by atoms with E-state index in [1.165, 1.54) is 0 Å². The molecule has 2 aliphatic rings. The van der Waals surface area contributed by atoms with Crippen molar-refractivity contribution in [3.8, 4) is 0 Å². The number of aliphatic hydroxyl groups excluding tert-OH is 1. The van der Waals surface area contributed by atoms with Crippen LogP contribution in [0.25, 0.3) is 10.9 Å². The number of aromatic nitrogens is 4. The number of aromatic amines is 1. The van der Waals surface area contributed by atoms with Crippen LogP contribution in [-0.2, 0) is 6.61 Å². The Balaban J connectivity index is 1.46. The molecular formula is C21H25N7O3. The number of pyridine rings is 2. The minimum absolute atomic E-state index is 0.0486. The van der Waals surface area contributed by atoms with Gasteiger partial charge in [0.05, 0.1) is 17.8 Å². The van der Waals surface area contributed by atoms with Gasteiger partial charge in [-0.05, 0) is 44.7 Å². The molecule has 10 nitrogen and oxygen atoms in total. The number of H-pyrrole nitrogens is 1. The second kappa shape index (κ2) is 7.69. The van der Waals surface area contributed by atoms with Crippen LogP contribution in [0.4, 0.5) is 22.2 Å². The average Bonchev–Trinajstić information content (AvgIpc) is 3.27. The lowest BCUT2D eigenvalue weighted by Crippen LogP contribution is -2.49. The van der Waals surface area contributed by atoms with Gasteiger partial charge in [0, 0.05) is 41.3 Å². The number of hydrogen-bond donors (Lipinski definition) is 5. The van der Waals surface area contributed by atoms with Crippen LogP contribution in [0.15, 0.2) is 24.3 Å². The number of nitrogens with one attached hydrogen (secondary N) is 3. The summed E-state index contributed by atoms with van der Waals surface area (Å²) in [6.07, 6.45) is 2.50. The van der Waals surface area contributed by atoms with Gasteiger partial charge in [-0.2, -0.15) is 5.10 Å². The largest absolute Gasteiger partial charge is 0.465 e. The number of fused-ring (bicyclic) bond motifs is 3. The van der Waals surface area contributed by atoms with Gasteiger partial charge in [0.15, 0.2) is 5.82 Å². The third-order valence-electron chi connectivity index (χ3n) is 6.16. The van der Waals surface area contributed by atoms with Gasteiger partial charge in [-0.25, -0.2) is 9.78 Å². The Labute approximate surface area is 178 Å². The lowest BCUT2D eigenvalue weighted by molar-refractivity contribution is 0.0994. The van der Waals surface area contributed by atoms with Gasteiger partial charge in [0.1, 0.15) is 11.6 Å². The molecule has 0 aromatic carbocycles. The van der Waals surface area contributed by atoms with E-state index in [1.807, 2.05) is 25.1 Å². The smallest absolute Gasteiger partial charge is 0.407 e. The van der Waals surface area contributed by atoms with Gasteiger partial charge in [0.2, 0.25) is 0 Å². The van der Waals surface area contributed by atoms with Crippen molar-refractivity contribution in [2.24, 2.45) is 0 Å². The molecule has 5 heterocycles. The Bertz CT molecular complexity index is 1120. The molecule has 2 fully saturated rings. The fourth-order valence-corrected chi connectivity index (χ4v) is 4.85. The first-order valence-electron chi connectivity index (χ1n) is 10.5. The predicted octanol–water partition coefficient (Wildman–Crippen LogP) is 2.98. The Kier molecular flexibility index (Phi) is 4.85. The first-order chi connectivity index (χ1) is 15.0. The van der Waals surface area contributed by atoms with E-state index in [0.717, 1.165) is 36.8 Å². The van der Waals surface area contributed by atoms with Gasteiger partial charge in [-0.1, -0.05) is 0 Å². The molecule has 3 aromatic rings. The number of hydrogen-bond acceptors (Lipinski definition) is 7. The summed E-state index contributed by atoms with van der Waals surface area (Å²) in [5.74, 6) is 1.94. The molecule has 2 aliphatic heterocycles. The second-order valence-electron chi connectivity index (χ2n) is 8.33. The van der Waals surface area contributed by atoms with Gasteiger partial charge in [0.25, 0.3) is 0 Å². The maximum atomic E-state index is 11.6. The molecular weight excluding hydrogens is 398 g/mol. The molecule has 2 bridgehead atoms. The van der Waals surface area contributed by atoms with Crippen LogP contribution in [0.2, 0.25) is 0 Å². The van der Waals surface area contributed by atoms with Gasteiger partial charge in [-0.15, -0.1) is 0 Å². The first kappa shape index (κ1) is 19.6. The summed E-state index contributed by atoms with van der Waals surface area (Å²) in [6.45, 7) is 1.78. The molecule has 0 spiro atoms. The summed E-state index contributed by atoms with van der Waals surface area (Å²) < 4.78 is 0. The van der Waals surface area contributed by atoms with Crippen LogP contribution >= 0.6 is 0 Å². The predicted molar refractivity (Wildman–Crippen MR) is 115 cm³/mol. The molecule has 3 atom stereocenters. The van der Waals surface area contributed by atoms with E-state index in [0.29, 0.717) is 28.7 Å². The zero-order valence-electron chi connectivity index (χ0n) is 17.2. The van der Waals surface area contributed by atoms with E-state index in [4.69, 9.17) is 4.98 Å². The van der Waals surface area contributed by atoms with E-state index >= 15 is 0 Å². The number of aliphatic hydroxyl groups is 1. The lowest BCUT2D eigenvalue weighted by atomic mass is 9.97. The van der Waals surface area contributed by atoms with E-state index in [9.17, 15) is 15.0 Å². The van der Waals surface area contributed by atoms with Crippen molar-refractivity contribution in [2.75, 3.05) is 10.6 Å². The number of carboxylic acid groups (broad SMARTS) is 1. The number of rotatable bonds is 5. The van der Waals surface area contributed by atoms with Crippen molar-refractivity contribution in [1.82, 2.24) is 25.1 Å². The second-order valence-corrected chi connectivity index (χ2v) is 8.33. The standard InChI is InChI=1S/C21H25N7O3/c1-11-6-19(27-26-11)24-18-9-17-16(5-2-12(10-29)22-17)20(25-18)23-13-7-14-3-4-15(8-13)28(14)21(30)31/h2,5-6,9,13-15,29H,3-4,7-8,10H2,1H3,(H,30,31)(H3,23,24,25,26,27)/t13-,14-,15+.